The summed E-state index contributed by atoms with van der Waals surface area (Å²) in [5.41, 5.74) is 3.09. The highest BCUT2D eigenvalue weighted by atomic mass is 32.2. The molecule has 5 rings (SSSR count). The van der Waals surface area contributed by atoms with E-state index in [0.29, 0.717) is 30.6 Å². The average Bonchev–Trinajstić information content (AvgIpc) is 3.20. The molecule has 0 fully saturated rings. The molecular formula is C25H26N4O3S. The molecule has 0 radical (unpaired) electrons. The minimum Gasteiger partial charge on any atom is -0.310 e. The van der Waals surface area contributed by atoms with Gasteiger partial charge in [-0.2, -0.15) is 0 Å². The summed E-state index contributed by atoms with van der Waals surface area (Å²) >= 11 is 0. The van der Waals surface area contributed by atoms with Crippen LogP contribution in [0.3, 0.4) is 0 Å². The van der Waals surface area contributed by atoms with Crippen molar-refractivity contribution in [3.63, 3.8) is 0 Å². The van der Waals surface area contributed by atoms with Crippen molar-refractivity contribution in [2.75, 3.05) is 6.54 Å². The molecule has 0 aliphatic carbocycles. The quantitative estimate of drug-likeness (QED) is 0.474. The van der Waals surface area contributed by atoms with E-state index in [-0.39, 0.29) is 10.5 Å². The van der Waals surface area contributed by atoms with Crippen LogP contribution in [0.2, 0.25) is 0 Å². The van der Waals surface area contributed by atoms with Gasteiger partial charge in [0, 0.05) is 44.1 Å². The third kappa shape index (κ3) is 4.00. The summed E-state index contributed by atoms with van der Waals surface area (Å²) in [5, 5.41) is 0.896. The highest BCUT2D eigenvalue weighted by Crippen LogP contribution is 2.28. The molecule has 0 unspecified atom stereocenters. The fourth-order valence-corrected chi connectivity index (χ4v) is 5.92. The first-order valence-electron chi connectivity index (χ1n) is 11.2. The molecule has 33 heavy (non-hydrogen) atoms. The molecule has 2 aromatic carbocycles. The highest BCUT2D eigenvalue weighted by Gasteiger charge is 2.25. The zero-order valence-corrected chi connectivity index (χ0v) is 19.3. The molecule has 1 aliphatic rings. The summed E-state index contributed by atoms with van der Waals surface area (Å²) in [6.07, 6.45) is 4.12. The summed E-state index contributed by atoms with van der Waals surface area (Å²) in [6, 6.07) is 16.0. The summed E-state index contributed by atoms with van der Waals surface area (Å²) in [4.78, 5) is 22.7. The lowest BCUT2D eigenvalue weighted by molar-refractivity contribution is 0.242. The molecule has 2 aromatic heterocycles. The molecule has 1 aliphatic heterocycles. The lowest BCUT2D eigenvalue weighted by atomic mass is 10.1. The van der Waals surface area contributed by atoms with Gasteiger partial charge in [0.25, 0.3) is 15.6 Å². The van der Waals surface area contributed by atoms with E-state index in [1.165, 1.54) is 3.97 Å². The largest absolute Gasteiger partial charge is 0.310 e. The Hall–Kier alpha value is -3.23. The Morgan fingerprint density at radius 2 is 1.82 bits per heavy atom. The Bertz CT molecular complexity index is 1470. The van der Waals surface area contributed by atoms with Crippen molar-refractivity contribution in [3.8, 4) is 0 Å². The first-order valence-corrected chi connectivity index (χ1v) is 12.6. The van der Waals surface area contributed by atoms with Crippen molar-refractivity contribution in [1.82, 2.24) is 18.8 Å². The lowest BCUT2D eigenvalue weighted by Gasteiger charge is -2.27. The van der Waals surface area contributed by atoms with Crippen LogP contribution in [-0.2, 0) is 36.0 Å². The number of rotatable bonds is 6. The van der Waals surface area contributed by atoms with Gasteiger partial charge in [-0.25, -0.2) is 17.4 Å². The first kappa shape index (κ1) is 21.6. The molecule has 3 heterocycles. The second-order valence-corrected chi connectivity index (χ2v) is 10.2. The van der Waals surface area contributed by atoms with Gasteiger partial charge in [-0.1, -0.05) is 43.3 Å². The van der Waals surface area contributed by atoms with Crippen molar-refractivity contribution in [2.45, 2.75) is 44.2 Å². The molecular weight excluding hydrogens is 436 g/mol. The predicted octanol–water partition coefficient (Wildman–Crippen LogP) is 3.47. The normalized spacial score (nSPS) is 14.5. The topological polar surface area (TPSA) is 88.1 Å². The molecule has 0 spiro atoms. The summed E-state index contributed by atoms with van der Waals surface area (Å²) in [6.45, 7) is 3.87. The molecule has 0 saturated carbocycles. The van der Waals surface area contributed by atoms with Crippen LogP contribution < -0.4 is 5.56 Å². The highest BCUT2D eigenvalue weighted by molar-refractivity contribution is 7.90. The molecule has 170 valence electrons. The van der Waals surface area contributed by atoms with Gasteiger partial charge in [-0.15, -0.1) is 0 Å². The van der Waals surface area contributed by atoms with Crippen molar-refractivity contribution in [2.24, 2.45) is 0 Å². The molecule has 0 saturated heterocycles. The van der Waals surface area contributed by atoms with Crippen molar-refractivity contribution < 1.29 is 8.42 Å². The minimum absolute atomic E-state index is 0.0674. The van der Waals surface area contributed by atoms with Gasteiger partial charge in [-0.05, 0) is 30.2 Å². The van der Waals surface area contributed by atoms with Crippen LogP contribution in [0.1, 0.15) is 36.0 Å². The van der Waals surface area contributed by atoms with E-state index in [1.54, 1.807) is 36.5 Å². The van der Waals surface area contributed by atoms with Gasteiger partial charge in [-0.3, -0.25) is 9.69 Å². The van der Waals surface area contributed by atoms with E-state index in [9.17, 15) is 13.2 Å². The van der Waals surface area contributed by atoms with Crippen molar-refractivity contribution >= 4 is 20.9 Å². The molecule has 8 heteroatoms. The standard InChI is InChI=1S/C25H26N4O3S/c1-2-8-24-26-22-13-14-28(17-21(22)25(30)27-24)15-18-16-29(23-12-7-6-11-20(18)23)33(31,32)19-9-4-3-5-10-19/h3-7,9-12,16H,2,8,13-15,17H2,1H3,(H,26,27,30). The number of hydrogen-bond donors (Lipinski definition) is 1. The maximum Gasteiger partial charge on any atom is 0.268 e. The van der Waals surface area contributed by atoms with Crippen molar-refractivity contribution in [1.29, 1.82) is 0 Å². The summed E-state index contributed by atoms with van der Waals surface area (Å²) in [7, 11) is -3.72. The predicted molar refractivity (Wildman–Crippen MR) is 128 cm³/mol. The zero-order chi connectivity index (χ0) is 23.0. The number of nitrogens with zero attached hydrogens (tertiary/aromatic N) is 3. The van der Waals surface area contributed by atoms with Crippen LogP contribution in [-0.4, -0.2) is 33.8 Å². The van der Waals surface area contributed by atoms with Gasteiger partial charge in [0.1, 0.15) is 5.82 Å². The number of aromatic amines is 1. The second-order valence-electron chi connectivity index (χ2n) is 8.43. The summed E-state index contributed by atoms with van der Waals surface area (Å²) < 4.78 is 28.1. The van der Waals surface area contributed by atoms with E-state index in [0.717, 1.165) is 41.9 Å². The fourth-order valence-electron chi connectivity index (χ4n) is 4.51. The number of hydrogen-bond acceptors (Lipinski definition) is 5. The number of benzene rings is 2. The van der Waals surface area contributed by atoms with Crippen LogP contribution in [0.25, 0.3) is 10.9 Å². The van der Waals surface area contributed by atoms with Gasteiger partial charge in [0.2, 0.25) is 0 Å². The van der Waals surface area contributed by atoms with Crippen LogP contribution >= 0.6 is 0 Å². The van der Waals surface area contributed by atoms with Gasteiger partial charge in [0.05, 0.1) is 21.7 Å². The minimum atomic E-state index is -3.72. The van der Waals surface area contributed by atoms with E-state index >= 15 is 0 Å². The Morgan fingerprint density at radius 3 is 2.61 bits per heavy atom. The molecule has 0 bridgehead atoms. The monoisotopic (exact) mass is 462 g/mol. The third-order valence-corrected chi connectivity index (χ3v) is 7.83. The van der Waals surface area contributed by atoms with Gasteiger partial charge in [0.15, 0.2) is 0 Å². The van der Waals surface area contributed by atoms with E-state index in [1.807, 2.05) is 24.3 Å². The number of fused-ring (bicyclic) bond motifs is 2. The fraction of sp³-hybridized carbons (Fsp3) is 0.280. The molecule has 0 atom stereocenters. The Kier molecular flexibility index (Phi) is 5.64. The van der Waals surface area contributed by atoms with Crippen molar-refractivity contribution in [3.05, 3.63) is 93.8 Å². The van der Waals surface area contributed by atoms with E-state index in [4.69, 9.17) is 0 Å². The number of para-hydroxylation sites is 1. The third-order valence-electron chi connectivity index (χ3n) is 6.14. The van der Waals surface area contributed by atoms with E-state index in [2.05, 4.69) is 21.8 Å². The lowest BCUT2D eigenvalue weighted by Crippen LogP contribution is -2.35. The second kappa shape index (κ2) is 8.61. The Morgan fingerprint density at radius 1 is 1.06 bits per heavy atom. The number of aryl methyl sites for hydroxylation is 1. The number of nitrogens with one attached hydrogen (secondary N) is 1. The first-order chi connectivity index (χ1) is 16.0. The Balaban J connectivity index is 1.48. The number of H-pyrrole nitrogens is 1. The molecule has 7 nitrogen and oxygen atoms in total. The van der Waals surface area contributed by atoms with E-state index < -0.39 is 10.0 Å². The SMILES string of the molecule is CCCc1nc2c(c(=O)[nH]1)CN(Cc1cn(S(=O)(=O)c3ccccc3)c3ccccc13)CC2. The van der Waals surface area contributed by atoms with Crippen LogP contribution in [0.15, 0.2) is 70.5 Å². The zero-order valence-electron chi connectivity index (χ0n) is 18.5. The average molecular weight is 463 g/mol. The van der Waals surface area contributed by atoms with Crippen LogP contribution in [0.5, 0.6) is 0 Å². The summed E-state index contributed by atoms with van der Waals surface area (Å²) in [5.74, 6) is 0.754. The van der Waals surface area contributed by atoms with Gasteiger partial charge < -0.3 is 4.98 Å². The maximum absolute atomic E-state index is 13.3. The Labute approximate surface area is 192 Å². The van der Waals surface area contributed by atoms with Crippen LogP contribution in [0, 0.1) is 0 Å². The number of aromatic nitrogens is 3. The maximum atomic E-state index is 13.3. The smallest absolute Gasteiger partial charge is 0.268 e. The van der Waals surface area contributed by atoms with Gasteiger partial charge >= 0.3 is 0 Å². The molecule has 1 N–H and O–H groups in total. The van der Waals surface area contributed by atoms with Crippen LogP contribution in [0.4, 0.5) is 0 Å². The molecule has 0 amide bonds. The molecule has 4 aromatic rings.